The molecule has 0 aliphatic carbocycles. The van der Waals surface area contributed by atoms with Crippen molar-refractivity contribution in [2.24, 2.45) is 4.99 Å². The molecular weight excluding hydrogens is 576 g/mol. The van der Waals surface area contributed by atoms with E-state index in [1.165, 1.54) is 23.0 Å². The van der Waals surface area contributed by atoms with E-state index in [1.54, 1.807) is 45.2 Å². The second-order valence-electron chi connectivity index (χ2n) is 9.37. The average Bonchev–Trinajstić information content (AvgIpc) is 3.29. The van der Waals surface area contributed by atoms with Gasteiger partial charge in [-0.05, 0) is 61.9 Å². The zero-order valence-corrected chi connectivity index (χ0v) is 25.1. The van der Waals surface area contributed by atoms with Crippen molar-refractivity contribution in [3.63, 3.8) is 0 Å². The number of fused-ring (bicyclic) bond motifs is 1. The first kappa shape index (κ1) is 29.2. The van der Waals surface area contributed by atoms with E-state index >= 15 is 0 Å². The first-order chi connectivity index (χ1) is 20.3. The van der Waals surface area contributed by atoms with Crippen molar-refractivity contribution in [3.8, 4) is 17.2 Å². The summed E-state index contributed by atoms with van der Waals surface area (Å²) in [6.07, 6.45) is 1.78. The monoisotopic (exact) mass is 604 g/mol. The number of thiazole rings is 1. The molecule has 0 radical (unpaired) electrons. The van der Waals surface area contributed by atoms with E-state index < -0.39 is 12.0 Å². The minimum atomic E-state index is -0.846. The number of carbonyl (C=O) groups is 1. The number of halogens is 1. The summed E-state index contributed by atoms with van der Waals surface area (Å²) in [4.78, 5) is 32.5. The number of ether oxygens (including phenoxy) is 4. The maximum atomic E-state index is 14.1. The Balaban J connectivity index is 1.65. The van der Waals surface area contributed by atoms with E-state index in [1.807, 2.05) is 48.5 Å². The fourth-order valence-electron chi connectivity index (χ4n) is 4.80. The highest BCUT2D eigenvalue weighted by Gasteiger charge is 2.35. The van der Waals surface area contributed by atoms with Crippen LogP contribution >= 0.6 is 22.9 Å². The van der Waals surface area contributed by atoms with Crippen molar-refractivity contribution >= 4 is 35.0 Å². The Morgan fingerprint density at radius 2 is 1.86 bits per heavy atom. The van der Waals surface area contributed by atoms with E-state index in [4.69, 9.17) is 30.5 Å². The lowest BCUT2D eigenvalue weighted by atomic mass is 9.94. The van der Waals surface area contributed by atoms with Crippen LogP contribution in [-0.2, 0) is 16.1 Å². The van der Waals surface area contributed by atoms with Gasteiger partial charge < -0.3 is 18.9 Å². The Morgan fingerprint density at radius 1 is 1.05 bits per heavy atom. The largest absolute Gasteiger partial charge is 0.497 e. The molecule has 10 heteroatoms. The minimum Gasteiger partial charge on any atom is -0.497 e. The van der Waals surface area contributed by atoms with Gasteiger partial charge in [0.2, 0.25) is 0 Å². The Morgan fingerprint density at radius 3 is 2.60 bits per heavy atom. The van der Waals surface area contributed by atoms with Crippen molar-refractivity contribution in [1.82, 2.24) is 4.57 Å². The van der Waals surface area contributed by atoms with Crippen LogP contribution < -0.4 is 29.1 Å². The zero-order valence-electron chi connectivity index (χ0n) is 23.5. The lowest BCUT2D eigenvalue weighted by Gasteiger charge is -2.26. The number of hydrogen-bond donors (Lipinski definition) is 0. The van der Waals surface area contributed by atoms with Gasteiger partial charge in [-0.1, -0.05) is 53.3 Å². The van der Waals surface area contributed by atoms with E-state index in [2.05, 4.69) is 4.99 Å². The smallest absolute Gasteiger partial charge is 0.338 e. The molecule has 0 amide bonds. The molecule has 5 rings (SSSR count). The van der Waals surface area contributed by atoms with Gasteiger partial charge in [-0.15, -0.1) is 0 Å². The predicted octanol–water partition coefficient (Wildman–Crippen LogP) is 5.05. The predicted molar refractivity (Wildman–Crippen MR) is 162 cm³/mol. The summed E-state index contributed by atoms with van der Waals surface area (Å²) in [5, 5.41) is 0.630. The van der Waals surface area contributed by atoms with Crippen LogP contribution in [0.2, 0.25) is 5.02 Å². The molecule has 42 heavy (non-hydrogen) atoms. The zero-order chi connectivity index (χ0) is 29.8. The van der Waals surface area contributed by atoms with Gasteiger partial charge in [-0.25, -0.2) is 9.79 Å². The summed E-state index contributed by atoms with van der Waals surface area (Å²) in [7, 11) is 3.09. The molecule has 0 saturated carbocycles. The number of methoxy groups -OCH3 is 2. The van der Waals surface area contributed by atoms with Crippen LogP contribution in [0.1, 0.15) is 36.6 Å². The van der Waals surface area contributed by atoms with E-state index in [0.29, 0.717) is 49.5 Å². The third-order valence-electron chi connectivity index (χ3n) is 6.74. The third kappa shape index (κ3) is 5.84. The van der Waals surface area contributed by atoms with E-state index in [-0.39, 0.29) is 17.7 Å². The number of para-hydroxylation sites is 1. The fraction of sp³-hybridized carbons (Fsp3) is 0.219. The van der Waals surface area contributed by atoms with Crippen molar-refractivity contribution in [2.75, 3.05) is 20.8 Å². The molecule has 4 aromatic rings. The first-order valence-electron chi connectivity index (χ1n) is 13.2. The molecule has 0 fully saturated rings. The molecule has 1 atom stereocenters. The van der Waals surface area contributed by atoms with Gasteiger partial charge in [-0.3, -0.25) is 9.36 Å². The summed E-state index contributed by atoms with van der Waals surface area (Å²) in [6, 6.07) is 19.3. The lowest BCUT2D eigenvalue weighted by molar-refractivity contribution is -0.139. The van der Waals surface area contributed by atoms with Gasteiger partial charge >= 0.3 is 5.97 Å². The summed E-state index contributed by atoms with van der Waals surface area (Å²) in [5.41, 5.74) is 2.63. The number of rotatable bonds is 9. The van der Waals surface area contributed by atoms with Crippen LogP contribution in [0.15, 0.2) is 87.8 Å². The molecular formula is C32H29ClN2O6S. The van der Waals surface area contributed by atoms with Gasteiger partial charge in [0.15, 0.2) is 4.80 Å². The van der Waals surface area contributed by atoms with Gasteiger partial charge in [0.05, 0.1) is 36.6 Å². The van der Waals surface area contributed by atoms with Gasteiger partial charge in [0.1, 0.15) is 29.9 Å². The van der Waals surface area contributed by atoms with Crippen LogP contribution in [-0.4, -0.2) is 31.4 Å². The number of nitrogens with zero attached hydrogens (tertiary/aromatic N) is 2. The average molecular weight is 605 g/mol. The molecule has 0 spiro atoms. The van der Waals surface area contributed by atoms with E-state index in [9.17, 15) is 9.59 Å². The molecule has 1 aromatic heterocycles. The van der Waals surface area contributed by atoms with Gasteiger partial charge in [0, 0.05) is 16.1 Å². The molecule has 1 aliphatic heterocycles. The fourth-order valence-corrected chi connectivity index (χ4v) is 6.05. The molecule has 1 aliphatic rings. The van der Waals surface area contributed by atoms with E-state index in [0.717, 1.165) is 11.1 Å². The highest BCUT2D eigenvalue weighted by atomic mass is 35.5. The van der Waals surface area contributed by atoms with Crippen LogP contribution in [0, 0.1) is 0 Å². The normalized spacial score (nSPS) is 14.7. The lowest BCUT2D eigenvalue weighted by Crippen LogP contribution is -2.40. The maximum Gasteiger partial charge on any atom is 0.338 e. The molecule has 0 bridgehead atoms. The number of aromatic nitrogens is 1. The molecule has 0 unspecified atom stereocenters. The highest BCUT2D eigenvalue weighted by molar-refractivity contribution is 7.07. The molecule has 216 valence electrons. The highest BCUT2D eigenvalue weighted by Crippen LogP contribution is 2.37. The molecule has 2 heterocycles. The Hall–Kier alpha value is -4.34. The van der Waals surface area contributed by atoms with Gasteiger partial charge in [0.25, 0.3) is 5.56 Å². The number of hydrogen-bond acceptors (Lipinski definition) is 8. The number of esters is 1. The first-order valence-corrected chi connectivity index (χ1v) is 14.4. The molecule has 0 N–H and O–H groups in total. The van der Waals surface area contributed by atoms with Crippen LogP contribution in [0.4, 0.5) is 0 Å². The third-order valence-corrected chi connectivity index (χ3v) is 7.96. The quantitative estimate of drug-likeness (QED) is 0.249. The second-order valence-corrected chi connectivity index (χ2v) is 10.8. The van der Waals surface area contributed by atoms with Crippen LogP contribution in [0.5, 0.6) is 17.2 Å². The molecule has 3 aromatic carbocycles. The maximum absolute atomic E-state index is 14.1. The Kier molecular flexibility index (Phi) is 8.80. The van der Waals surface area contributed by atoms with Crippen LogP contribution in [0.25, 0.3) is 6.08 Å². The SMILES string of the molecule is CCOC(=O)C1=C(C)N=c2s/c(=C\c3ccccc3OCc3cccc(Cl)c3)c(=O)n2[C@@H]1c1cc(OC)ccc1OC. The summed E-state index contributed by atoms with van der Waals surface area (Å²) in [5.74, 6) is 1.10. The van der Waals surface area contributed by atoms with Crippen molar-refractivity contribution in [2.45, 2.75) is 26.5 Å². The summed E-state index contributed by atoms with van der Waals surface area (Å²) in [6.45, 7) is 3.95. The van der Waals surface area contributed by atoms with Gasteiger partial charge in [-0.2, -0.15) is 0 Å². The summed E-state index contributed by atoms with van der Waals surface area (Å²) >= 11 is 7.36. The van der Waals surface area contributed by atoms with Crippen LogP contribution in [0.3, 0.4) is 0 Å². The standard InChI is InChI=1S/C32H29ClN2O6S/c1-5-40-31(37)28-19(2)34-32-35(29(28)24-17-23(38-3)13-14-26(24)39-4)30(36)27(42-32)16-21-10-6-7-12-25(21)41-18-20-9-8-11-22(33)15-20/h6-17,29H,5,18H2,1-4H3/b27-16-/t29-/m1/s1. The second kappa shape index (κ2) is 12.7. The number of carbonyl (C=O) groups excluding carboxylic acids is 1. The van der Waals surface area contributed by atoms with Crippen molar-refractivity contribution < 1.29 is 23.7 Å². The number of benzene rings is 3. The van der Waals surface area contributed by atoms with Crippen molar-refractivity contribution in [3.05, 3.63) is 119 Å². The molecule has 0 saturated heterocycles. The molecule has 8 nitrogen and oxygen atoms in total. The van der Waals surface area contributed by atoms with Crippen molar-refractivity contribution in [1.29, 1.82) is 0 Å². The Labute approximate surface area is 251 Å². The summed E-state index contributed by atoms with van der Waals surface area (Å²) < 4.78 is 24.6. The topological polar surface area (TPSA) is 88.4 Å². The number of allylic oxidation sites excluding steroid dienone is 1. The Bertz CT molecular complexity index is 1860. The minimum absolute atomic E-state index is 0.175.